The number of hydrogen-bond donors (Lipinski definition) is 0. The smallest absolute Gasteiger partial charge is 0.164 e. The van der Waals surface area contributed by atoms with E-state index in [4.69, 9.17) is 15.0 Å². The molecule has 0 spiro atoms. The SMILES string of the molecule is c1ccc(-c2nc(-c3cccc(-c4ccc5c6ccccc6c6ccccc6c5c4)c3)nc(-c3cc(-c4ccccc4)c4c(c3)sc3ccccc34)n2)cc1. The summed E-state index contributed by atoms with van der Waals surface area (Å²) in [5.41, 5.74) is 7.44. The Bertz CT molecular complexity index is 3220. The maximum absolute atomic E-state index is 5.24. The predicted octanol–water partition coefficient (Wildman–Crippen LogP) is 14.0. The molecule has 2 aromatic heterocycles. The Morgan fingerprint density at radius 2 is 0.764 bits per heavy atom. The third kappa shape index (κ3) is 5.38. The molecule has 11 aromatic rings. The molecule has 0 bridgehead atoms. The first-order valence-corrected chi connectivity index (χ1v) is 19.3. The maximum Gasteiger partial charge on any atom is 0.164 e. The highest BCUT2D eigenvalue weighted by molar-refractivity contribution is 7.26. The Morgan fingerprint density at radius 1 is 0.273 bits per heavy atom. The molecule has 55 heavy (non-hydrogen) atoms. The molecule has 3 nitrogen and oxygen atoms in total. The minimum Gasteiger partial charge on any atom is -0.208 e. The summed E-state index contributed by atoms with van der Waals surface area (Å²) in [5.74, 6) is 1.93. The third-order valence-corrected chi connectivity index (χ3v) is 11.8. The Labute approximate surface area is 321 Å². The first kappa shape index (κ1) is 31.5. The third-order valence-electron chi connectivity index (χ3n) is 10.7. The van der Waals surface area contributed by atoms with Crippen molar-refractivity contribution < 1.29 is 0 Å². The van der Waals surface area contributed by atoms with E-state index in [0.717, 1.165) is 27.8 Å². The molecule has 11 rings (SSSR count). The average molecular weight is 718 g/mol. The molecule has 0 aliphatic carbocycles. The van der Waals surface area contributed by atoms with E-state index in [1.807, 2.05) is 29.5 Å². The zero-order valence-electron chi connectivity index (χ0n) is 29.6. The van der Waals surface area contributed by atoms with Gasteiger partial charge in [-0.3, -0.25) is 0 Å². The number of fused-ring (bicyclic) bond motifs is 9. The number of hydrogen-bond acceptors (Lipinski definition) is 4. The molecule has 0 unspecified atom stereocenters. The molecule has 0 fully saturated rings. The molecule has 0 N–H and O–H groups in total. The fourth-order valence-corrected chi connectivity index (χ4v) is 9.28. The second-order valence-corrected chi connectivity index (χ2v) is 15.0. The summed E-state index contributed by atoms with van der Waals surface area (Å²) >= 11 is 1.81. The van der Waals surface area contributed by atoms with Crippen LogP contribution in [0.4, 0.5) is 0 Å². The second kappa shape index (κ2) is 12.8. The van der Waals surface area contributed by atoms with Crippen LogP contribution in [0.15, 0.2) is 188 Å². The van der Waals surface area contributed by atoms with Crippen molar-refractivity contribution in [2.75, 3.05) is 0 Å². The van der Waals surface area contributed by atoms with E-state index in [2.05, 4.69) is 170 Å². The van der Waals surface area contributed by atoms with E-state index in [-0.39, 0.29) is 0 Å². The molecule has 2 heterocycles. The fourth-order valence-electron chi connectivity index (χ4n) is 8.10. The summed E-state index contributed by atoms with van der Waals surface area (Å²) in [6.45, 7) is 0. The van der Waals surface area contributed by atoms with Crippen LogP contribution in [0.1, 0.15) is 0 Å². The van der Waals surface area contributed by atoms with Crippen LogP contribution in [-0.2, 0) is 0 Å². The van der Waals surface area contributed by atoms with Gasteiger partial charge in [-0.15, -0.1) is 11.3 Å². The van der Waals surface area contributed by atoms with Crippen LogP contribution in [0.5, 0.6) is 0 Å². The monoisotopic (exact) mass is 717 g/mol. The van der Waals surface area contributed by atoms with Gasteiger partial charge in [0, 0.05) is 36.9 Å². The van der Waals surface area contributed by atoms with Crippen molar-refractivity contribution in [2.24, 2.45) is 0 Å². The van der Waals surface area contributed by atoms with Gasteiger partial charge in [-0.25, -0.2) is 15.0 Å². The lowest BCUT2D eigenvalue weighted by molar-refractivity contribution is 1.07. The molecule has 4 heteroatoms. The normalized spacial score (nSPS) is 11.6. The molecule has 9 aromatic carbocycles. The van der Waals surface area contributed by atoms with Gasteiger partial charge < -0.3 is 0 Å². The Morgan fingerprint density at radius 3 is 1.45 bits per heavy atom. The Hall–Kier alpha value is -7.01. The van der Waals surface area contributed by atoms with Crippen molar-refractivity contribution in [2.45, 2.75) is 0 Å². The minimum atomic E-state index is 0.639. The van der Waals surface area contributed by atoms with E-state index in [1.165, 1.54) is 63.6 Å². The zero-order valence-corrected chi connectivity index (χ0v) is 30.5. The van der Waals surface area contributed by atoms with Gasteiger partial charge in [0.15, 0.2) is 17.5 Å². The quantitative estimate of drug-likeness (QED) is 0.166. The second-order valence-electron chi connectivity index (χ2n) is 14.0. The molecular formula is C51H31N3S. The summed E-state index contributed by atoms with van der Waals surface area (Å²) in [5, 5.41) is 10.1. The lowest BCUT2D eigenvalue weighted by Gasteiger charge is -2.13. The van der Waals surface area contributed by atoms with Crippen LogP contribution in [0.25, 0.3) is 109 Å². The van der Waals surface area contributed by atoms with Gasteiger partial charge in [0.05, 0.1) is 0 Å². The van der Waals surface area contributed by atoms with Crippen LogP contribution in [0, 0.1) is 0 Å². The number of nitrogens with zero attached hydrogens (tertiary/aromatic N) is 3. The molecule has 0 aliphatic rings. The Kier molecular flexibility index (Phi) is 7.35. The number of thiophene rings is 1. The van der Waals surface area contributed by atoms with Crippen LogP contribution in [0.2, 0.25) is 0 Å². The van der Waals surface area contributed by atoms with Gasteiger partial charge in [-0.1, -0.05) is 158 Å². The van der Waals surface area contributed by atoms with Gasteiger partial charge in [0.25, 0.3) is 0 Å². The highest BCUT2D eigenvalue weighted by Gasteiger charge is 2.18. The fraction of sp³-hybridized carbons (Fsp3) is 0. The Balaban J connectivity index is 1.10. The molecule has 0 aliphatic heterocycles. The van der Waals surface area contributed by atoms with E-state index in [0.29, 0.717) is 17.5 Å². The molecular weight excluding hydrogens is 687 g/mol. The average Bonchev–Trinajstić information content (AvgIpc) is 3.65. The molecule has 0 amide bonds. The minimum absolute atomic E-state index is 0.639. The van der Waals surface area contributed by atoms with Crippen molar-refractivity contribution in [3.05, 3.63) is 188 Å². The summed E-state index contributed by atoms with van der Waals surface area (Å²) in [6.07, 6.45) is 0. The van der Waals surface area contributed by atoms with E-state index >= 15 is 0 Å². The van der Waals surface area contributed by atoms with Gasteiger partial charge in [0.1, 0.15) is 0 Å². The van der Waals surface area contributed by atoms with Crippen LogP contribution < -0.4 is 0 Å². The first-order valence-electron chi connectivity index (χ1n) is 18.5. The lowest BCUT2D eigenvalue weighted by Crippen LogP contribution is -2.00. The lowest BCUT2D eigenvalue weighted by atomic mass is 9.92. The summed E-state index contributed by atoms with van der Waals surface area (Å²) in [4.78, 5) is 15.5. The first-order chi connectivity index (χ1) is 27.2. The largest absolute Gasteiger partial charge is 0.208 e. The van der Waals surface area contributed by atoms with E-state index in [9.17, 15) is 0 Å². The van der Waals surface area contributed by atoms with Crippen LogP contribution >= 0.6 is 11.3 Å². The van der Waals surface area contributed by atoms with Gasteiger partial charge in [-0.2, -0.15) is 0 Å². The molecule has 0 atom stereocenters. The van der Waals surface area contributed by atoms with Crippen LogP contribution in [0.3, 0.4) is 0 Å². The highest BCUT2D eigenvalue weighted by Crippen LogP contribution is 2.43. The number of benzene rings is 9. The van der Waals surface area contributed by atoms with Crippen molar-refractivity contribution >= 4 is 63.8 Å². The molecule has 256 valence electrons. The van der Waals surface area contributed by atoms with Gasteiger partial charge in [-0.05, 0) is 84.9 Å². The van der Waals surface area contributed by atoms with Crippen molar-refractivity contribution in [3.8, 4) is 56.4 Å². The molecule has 0 radical (unpaired) electrons. The van der Waals surface area contributed by atoms with Crippen molar-refractivity contribution in [1.82, 2.24) is 15.0 Å². The van der Waals surface area contributed by atoms with E-state index < -0.39 is 0 Å². The van der Waals surface area contributed by atoms with Crippen LogP contribution in [-0.4, -0.2) is 15.0 Å². The number of aromatic nitrogens is 3. The van der Waals surface area contributed by atoms with Crippen molar-refractivity contribution in [1.29, 1.82) is 0 Å². The highest BCUT2D eigenvalue weighted by atomic mass is 32.1. The predicted molar refractivity (Wildman–Crippen MR) is 232 cm³/mol. The standard InChI is InChI=1S/C51H31N3S/c1-3-14-32(15-4-1)44-30-37(31-47-48(44)43-24-11-12-25-46(43)55-47)51-53-49(33-16-5-2-6-17-33)52-50(54-51)36-19-13-18-34(28-36)35-26-27-42-40-22-8-7-20-38(40)39-21-9-10-23-41(39)45(42)29-35/h1-31H. The van der Waals surface area contributed by atoms with Gasteiger partial charge in [0.2, 0.25) is 0 Å². The summed E-state index contributed by atoms with van der Waals surface area (Å²) in [7, 11) is 0. The topological polar surface area (TPSA) is 38.7 Å². The molecule has 0 saturated carbocycles. The van der Waals surface area contributed by atoms with Gasteiger partial charge >= 0.3 is 0 Å². The molecule has 0 saturated heterocycles. The number of rotatable bonds is 5. The van der Waals surface area contributed by atoms with E-state index in [1.54, 1.807) is 0 Å². The van der Waals surface area contributed by atoms with Crippen molar-refractivity contribution in [3.63, 3.8) is 0 Å². The summed E-state index contributed by atoms with van der Waals surface area (Å²) in [6, 6.07) is 66.9. The maximum atomic E-state index is 5.24. The zero-order chi connectivity index (χ0) is 36.3. The summed E-state index contributed by atoms with van der Waals surface area (Å²) < 4.78 is 2.47.